The molecular weight excluding hydrogens is 386 g/mol. The summed E-state index contributed by atoms with van der Waals surface area (Å²) in [6.07, 6.45) is 8.69. The van der Waals surface area contributed by atoms with Crippen molar-refractivity contribution in [1.29, 1.82) is 5.26 Å². The summed E-state index contributed by atoms with van der Waals surface area (Å²) in [4.78, 5) is 7.71. The first kappa shape index (κ1) is 20.8. The molecule has 1 saturated carbocycles. The topological polar surface area (TPSA) is 131 Å². The fourth-order valence-electron chi connectivity index (χ4n) is 3.56. The zero-order chi connectivity index (χ0) is 20.6. The molecule has 2 heterocycles. The van der Waals surface area contributed by atoms with E-state index in [1.807, 2.05) is 12.3 Å². The second-order valence-electron chi connectivity index (χ2n) is 7.10. The first-order valence-corrected chi connectivity index (χ1v) is 10.6. The number of nitriles is 1. The summed E-state index contributed by atoms with van der Waals surface area (Å²) in [6, 6.07) is 13.0. The lowest BCUT2D eigenvalue weighted by Gasteiger charge is -2.29. The Bertz CT molecular complexity index is 991. The van der Waals surface area contributed by atoms with E-state index in [1.165, 1.54) is 0 Å². The van der Waals surface area contributed by atoms with Crippen molar-refractivity contribution >= 4 is 33.5 Å². The lowest BCUT2D eigenvalue weighted by atomic mass is 9.84. The monoisotopic (exact) mass is 410 g/mol. The van der Waals surface area contributed by atoms with Crippen LogP contribution in [0, 0.1) is 17.2 Å². The van der Waals surface area contributed by atoms with Gasteiger partial charge >= 0.3 is 0 Å². The van der Waals surface area contributed by atoms with Crippen molar-refractivity contribution in [2.45, 2.75) is 43.0 Å². The number of anilines is 2. The van der Waals surface area contributed by atoms with Gasteiger partial charge in [0.2, 0.25) is 0 Å². The van der Waals surface area contributed by atoms with E-state index in [4.69, 9.17) is 11.0 Å². The number of nitrogens with zero attached hydrogens (tertiary/aromatic N) is 2. The van der Waals surface area contributed by atoms with Gasteiger partial charge in [-0.1, -0.05) is 18.2 Å². The second-order valence-corrected chi connectivity index (χ2v) is 8.04. The minimum Gasteiger partial charge on any atom is -0.768 e. The third kappa shape index (κ3) is 5.56. The van der Waals surface area contributed by atoms with E-state index in [9.17, 15) is 8.76 Å². The van der Waals surface area contributed by atoms with E-state index in [0.29, 0.717) is 29.0 Å². The minimum atomic E-state index is -2.08. The number of hydrogen-bond acceptors (Lipinski definition) is 6. The van der Waals surface area contributed by atoms with Gasteiger partial charge in [0.15, 0.2) is 0 Å². The maximum Gasteiger partial charge on any atom is 0.139 e. The van der Waals surface area contributed by atoms with Crippen LogP contribution < -0.4 is 11.1 Å². The average Bonchev–Trinajstić information content (AvgIpc) is 3.22. The predicted octanol–water partition coefficient (Wildman–Crippen LogP) is 3.95. The molecule has 152 valence electrons. The molecule has 1 aliphatic rings. The van der Waals surface area contributed by atoms with Crippen LogP contribution in [0.25, 0.3) is 11.0 Å². The van der Waals surface area contributed by atoms with Gasteiger partial charge in [0.1, 0.15) is 5.65 Å². The van der Waals surface area contributed by atoms with Crippen LogP contribution in [-0.4, -0.2) is 24.8 Å². The molecule has 1 aromatic carbocycles. The SMILES string of the molecule is N#CCC1CCC(Nc2c(N)cnc3[nH]ccc23)CC1.O=S([O-])c1ccccc1. The summed E-state index contributed by atoms with van der Waals surface area (Å²) in [5, 5.41) is 13.4. The molecule has 1 atom stereocenters. The van der Waals surface area contributed by atoms with Crippen molar-refractivity contribution in [1.82, 2.24) is 9.97 Å². The zero-order valence-electron chi connectivity index (χ0n) is 16.0. The zero-order valence-corrected chi connectivity index (χ0v) is 16.8. The lowest BCUT2D eigenvalue weighted by Crippen LogP contribution is -2.26. The molecule has 8 heteroatoms. The Balaban J connectivity index is 0.000000224. The van der Waals surface area contributed by atoms with E-state index >= 15 is 0 Å². The van der Waals surface area contributed by atoms with Crippen molar-refractivity contribution in [2.24, 2.45) is 5.92 Å². The van der Waals surface area contributed by atoms with E-state index in [0.717, 1.165) is 42.4 Å². The summed E-state index contributed by atoms with van der Waals surface area (Å²) in [5.41, 5.74) is 8.59. The number of pyridine rings is 1. The highest BCUT2D eigenvalue weighted by atomic mass is 32.2. The maximum atomic E-state index is 10.2. The molecule has 2 aromatic heterocycles. The van der Waals surface area contributed by atoms with E-state index in [2.05, 4.69) is 21.4 Å². The molecule has 1 fully saturated rings. The highest BCUT2D eigenvalue weighted by Crippen LogP contribution is 2.32. The van der Waals surface area contributed by atoms with E-state index < -0.39 is 11.1 Å². The Morgan fingerprint density at radius 1 is 1.24 bits per heavy atom. The van der Waals surface area contributed by atoms with Crippen molar-refractivity contribution < 1.29 is 8.76 Å². The highest BCUT2D eigenvalue weighted by molar-refractivity contribution is 7.79. The molecule has 0 amide bonds. The van der Waals surface area contributed by atoms with Crippen LogP contribution >= 0.6 is 0 Å². The summed E-state index contributed by atoms with van der Waals surface area (Å²) >= 11 is -2.08. The standard InChI is InChI=1S/C15H19N5.C6H6O2S/c16-7-5-10-1-3-11(4-2-10)20-14-12-6-8-18-15(12)19-9-13(14)17;7-9(8)6-4-2-1-3-5-6/h6,8-11H,1-5,17H2,(H2,18,19,20);1-5H,(H,7,8)/p-1. The molecule has 0 spiro atoms. The number of H-pyrrole nitrogens is 1. The van der Waals surface area contributed by atoms with Gasteiger partial charge in [-0.05, 0) is 60.9 Å². The summed E-state index contributed by atoms with van der Waals surface area (Å²) in [5.74, 6) is 0.570. The number of nitrogens with one attached hydrogen (secondary N) is 2. The number of benzene rings is 1. The number of aromatic amines is 1. The van der Waals surface area contributed by atoms with E-state index in [1.54, 1.807) is 36.5 Å². The van der Waals surface area contributed by atoms with Crippen LogP contribution in [0.4, 0.5) is 11.4 Å². The molecular formula is C21H24N5O2S-. The van der Waals surface area contributed by atoms with Gasteiger partial charge in [-0.2, -0.15) is 5.26 Å². The van der Waals surface area contributed by atoms with Gasteiger partial charge in [-0.25, -0.2) is 4.98 Å². The molecule has 0 bridgehead atoms. The van der Waals surface area contributed by atoms with Crippen molar-refractivity contribution in [2.75, 3.05) is 11.1 Å². The molecule has 0 saturated heterocycles. The highest BCUT2D eigenvalue weighted by Gasteiger charge is 2.22. The molecule has 1 unspecified atom stereocenters. The molecule has 4 N–H and O–H groups in total. The minimum absolute atomic E-state index is 0.331. The van der Waals surface area contributed by atoms with Crippen LogP contribution in [0.15, 0.2) is 53.7 Å². The summed E-state index contributed by atoms with van der Waals surface area (Å²) in [7, 11) is 0. The van der Waals surface area contributed by atoms with Crippen LogP contribution in [-0.2, 0) is 11.1 Å². The van der Waals surface area contributed by atoms with Gasteiger partial charge in [0.05, 0.1) is 23.6 Å². The summed E-state index contributed by atoms with van der Waals surface area (Å²) in [6.45, 7) is 0. The van der Waals surface area contributed by atoms with Crippen LogP contribution in [0.5, 0.6) is 0 Å². The normalized spacial score (nSPS) is 19.6. The van der Waals surface area contributed by atoms with Crippen LogP contribution in [0.1, 0.15) is 32.1 Å². The molecule has 1 aliphatic carbocycles. The van der Waals surface area contributed by atoms with Crippen molar-refractivity contribution in [3.63, 3.8) is 0 Å². The number of nitrogens with two attached hydrogens (primary N) is 1. The predicted molar refractivity (Wildman–Crippen MR) is 114 cm³/mol. The van der Waals surface area contributed by atoms with Crippen molar-refractivity contribution in [3.05, 3.63) is 48.8 Å². The van der Waals surface area contributed by atoms with Crippen LogP contribution in [0.2, 0.25) is 0 Å². The number of hydrogen-bond donors (Lipinski definition) is 3. The van der Waals surface area contributed by atoms with Gasteiger partial charge < -0.3 is 20.6 Å². The number of nitrogen functional groups attached to an aromatic ring is 1. The van der Waals surface area contributed by atoms with E-state index in [-0.39, 0.29) is 0 Å². The third-order valence-electron chi connectivity index (χ3n) is 5.13. The Hall–Kier alpha value is -2.89. The quantitative estimate of drug-likeness (QED) is 0.558. The lowest BCUT2D eigenvalue weighted by molar-refractivity contribution is 0.343. The molecule has 0 radical (unpaired) electrons. The molecule has 3 aromatic rings. The number of aromatic nitrogens is 2. The van der Waals surface area contributed by atoms with Gasteiger partial charge in [-0.15, -0.1) is 0 Å². The molecule has 0 aliphatic heterocycles. The largest absolute Gasteiger partial charge is 0.768 e. The Morgan fingerprint density at radius 3 is 2.59 bits per heavy atom. The number of fused-ring (bicyclic) bond motifs is 1. The Labute approximate surface area is 172 Å². The molecule has 4 rings (SSSR count). The average molecular weight is 411 g/mol. The van der Waals surface area contributed by atoms with Gasteiger partial charge in [0, 0.05) is 28.9 Å². The molecule has 7 nitrogen and oxygen atoms in total. The van der Waals surface area contributed by atoms with Crippen molar-refractivity contribution in [3.8, 4) is 6.07 Å². The fourth-order valence-corrected chi connectivity index (χ4v) is 3.94. The van der Waals surface area contributed by atoms with Gasteiger partial charge in [-0.3, -0.25) is 4.21 Å². The maximum absolute atomic E-state index is 10.2. The van der Waals surface area contributed by atoms with Crippen LogP contribution in [0.3, 0.4) is 0 Å². The second kappa shape index (κ2) is 10.0. The van der Waals surface area contributed by atoms with Gasteiger partial charge in [0.25, 0.3) is 0 Å². The number of rotatable bonds is 4. The smallest absolute Gasteiger partial charge is 0.139 e. The first-order chi connectivity index (χ1) is 14.1. The first-order valence-electron chi connectivity index (χ1n) is 9.58. The third-order valence-corrected chi connectivity index (χ3v) is 5.78. The molecule has 29 heavy (non-hydrogen) atoms. The Kier molecular flexibility index (Phi) is 7.22. The Morgan fingerprint density at radius 2 is 1.97 bits per heavy atom. The fraction of sp³-hybridized carbons (Fsp3) is 0.333. The summed E-state index contributed by atoms with van der Waals surface area (Å²) < 4.78 is 20.4.